The number of hydrogen-bond donors (Lipinski definition) is 1. The zero-order valence-corrected chi connectivity index (χ0v) is 12.6. The molecule has 0 aromatic carbocycles. The lowest BCUT2D eigenvalue weighted by Gasteiger charge is -2.26. The van der Waals surface area contributed by atoms with E-state index in [-0.39, 0.29) is 17.0 Å². The van der Waals surface area contributed by atoms with Crippen molar-refractivity contribution in [3.63, 3.8) is 0 Å². The van der Waals surface area contributed by atoms with E-state index in [2.05, 4.69) is 20.9 Å². The molecular weight excluding hydrogens is 332 g/mol. The van der Waals surface area contributed by atoms with E-state index >= 15 is 0 Å². The first kappa shape index (κ1) is 14.3. The lowest BCUT2D eigenvalue weighted by Crippen LogP contribution is -2.45. The molecule has 0 bridgehead atoms. The summed E-state index contributed by atoms with van der Waals surface area (Å²) in [7, 11) is 0. The summed E-state index contributed by atoms with van der Waals surface area (Å²) >= 11 is 4.78. The molecule has 7 heteroatoms. The van der Waals surface area contributed by atoms with Crippen molar-refractivity contribution in [1.82, 2.24) is 9.88 Å². The lowest BCUT2D eigenvalue weighted by atomic mass is 10.2. The van der Waals surface area contributed by atoms with Gasteiger partial charge in [0, 0.05) is 16.4 Å². The van der Waals surface area contributed by atoms with Crippen molar-refractivity contribution in [2.75, 3.05) is 5.75 Å². The molecule has 1 N–H and O–H groups in total. The van der Waals surface area contributed by atoms with Crippen LogP contribution in [0.5, 0.6) is 0 Å². The second-order valence-corrected chi connectivity index (χ2v) is 6.16. The van der Waals surface area contributed by atoms with Gasteiger partial charge in [0.2, 0.25) is 0 Å². The molecule has 0 aliphatic carbocycles. The molecule has 1 fully saturated rings. The average molecular weight is 345 g/mol. The number of carboxylic acid groups (broad SMARTS) is 1. The van der Waals surface area contributed by atoms with Gasteiger partial charge in [0.1, 0.15) is 11.7 Å². The van der Waals surface area contributed by atoms with E-state index in [1.165, 1.54) is 22.9 Å². The maximum absolute atomic E-state index is 12.5. The Bertz CT molecular complexity index is 512. The van der Waals surface area contributed by atoms with Crippen LogP contribution in [0.4, 0.5) is 0 Å². The van der Waals surface area contributed by atoms with E-state index in [1.54, 1.807) is 12.1 Å². The predicted octanol–water partition coefficient (Wildman–Crippen LogP) is 2.22. The first-order valence-electron chi connectivity index (χ1n) is 5.83. The molecule has 1 aromatic rings. The topological polar surface area (TPSA) is 70.5 Å². The number of carboxylic acids is 1. The van der Waals surface area contributed by atoms with Gasteiger partial charge in [-0.3, -0.25) is 4.79 Å². The molecule has 0 spiro atoms. The quantitative estimate of drug-likeness (QED) is 0.910. The van der Waals surface area contributed by atoms with Gasteiger partial charge in [-0.15, -0.1) is 11.8 Å². The van der Waals surface area contributed by atoms with Crippen molar-refractivity contribution in [2.24, 2.45) is 0 Å². The van der Waals surface area contributed by atoms with Crippen LogP contribution in [0.15, 0.2) is 22.8 Å². The standard InChI is InChI=1S/C12H13BrN2O3S/c1-2-9-15(8(6-19-9)12(17)18)11(16)10-7(13)4-3-5-14-10/h3-5,8-9H,2,6H2,1H3,(H,17,18). The van der Waals surface area contributed by atoms with Gasteiger partial charge >= 0.3 is 5.97 Å². The van der Waals surface area contributed by atoms with E-state index in [1.807, 2.05) is 6.92 Å². The third-order valence-electron chi connectivity index (χ3n) is 2.92. The summed E-state index contributed by atoms with van der Waals surface area (Å²) in [6.45, 7) is 1.94. The molecule has 1 aliphatic heterocycles. The van der Waals surface area contributed by atoms with E-state index in [4.69, 9.17) is 0 Å². The Morgan fingerprint density at radius 2 is 2.37 bits per heavy atom. The van der Waals surface area contributed by atoms with Crippen molar-refractivity contribution in [3.8, 4) is 0 Å². The molecular formula is C12H13BrN2O3S. The van der Waals surface area contributed by atoms with Crippen LogP contribution in [0.25, 0.3) is 0 Å². The molecule has 2 atom stereocenters. The zero-order valence-electron chi connectivity index (χ0n) is 10.2. The Hall–Kier alpha value is -1.08. The smallest absolute Gasteiger partial charge is 0.327 e. The van der Waals surface area contributed by atoms with E-state index in [9.17, 15) is 14.7 Å². The molecule has 0 saturated carbocycles. The highest BCUT2D eigenvalue weighted by atomic mass is 79.9. The van der Waals surface area contributed by atoms with Crippen molar-refractivity contribution < 1.29 is 14.7 Å². The fraction of sp³-hybridized carbons (Fsp3) is 0.417. The van der Waals surface area contributed by atoms with Gasteiger partial charge in [-0.2, -0.15) is 0 Å². The van der Waals surface area contributed by atoms with Crippen LogP contribution in [0.1, 0.15) is 23.8 Å². The molecule has 2 heterocycles. The minimum atomic E-state index is -0.969. The number of thioether (sulfide) groups is 1. The molecule has 1 aromatic heterocycles. The van der Waals surface area contributed by atoms with Gasteiger partial charge in [0.15, 0.2) is 0 Å². The van der Waals surface area contributed by atoms with Crippen LogP contribution in [-0.4, -0.2) is 44.0 Å². The maximum Gasteiger partial charge on any atom is 0.327 e. The van der Waals surface area contributed by atoms with Gasteiger partial charge in [-0.1, -0.05) is 6.92 Å². The molecule has 1 saturated heterocycles. The molecule has 102 valence electrons. The highest BCUT2D eigenvalue weighted by Crippen LogP contribution is 2.33. The van der Waals surface area contributed by atoms with Crippen LogP contribution in [0.3, 0.4) is 0 Å². The number of nitrogens with zero attached hydrogens (tertiary/aromatic N) is 2. The highest BCUT2D eigenvalue weighted by molar-refractivity contribution is 9.10. The van der Waals surface area contributed by atoms with Crippen LogP contribution < -0.4 is 0 Å². The van der Waals surface area contributed by atoms with Crippen molar-refractivity contribution in [3.05, 3.63) is 28.5 Å². The summed E-state index contributed by atoms with van der Waals surface area (Å²) in [6, 6.07) is 2.66. The fourth-order valence-corrected chi connectivity index (χ4v) is 3.78. The van der Waals surface area contributed by atoms with E-state index in [0.29, 0.717) is 16.6 Å². The number of amides is 1. The van der Waals surface area contributed by atoms with Gasteiger partial charge in [-0.05, 0) is 34.5 Å². The minimum absolute atomic E-state index is 0.109. The van der Waals surface area contributed by atoms with Crippen molar-refractivity contribution in [2.45, 2.75) is 24.8 Å². The number of carbonyl (C=O) groups excluding carboxylic acids is 1. The SMILES string of the molecule is CCC1SCC(C(=O)O)N1C(=O)c1ncccc1Br. The van der Waals surface area contributed by atoms with Crippen LogP contribution in [-0.2, 0) is 4.79 Å². The lowest BCUT2D eigenvalue weighted by molar-refractivity contribution is -0.141. The maximum atomic E-state index is 12.5. The minimum Gasteiger partial charge on any atom is -0.480 e. The number of aromatic nitrogens is 1. The summed E-state index contributed by atoms with van der Waals surface area (Å²) in [5.74, 6) is -0.884. The number of aliphatic carboxylic acids is 1. The number of rotatable bonds is 3. The highest BCUT2D eigenvalue weighted by Gasteiger charge is 2.41. The first-order chi connectivity index (χ1) is 9.06. The van der Waals surface area contributed by atoms with Crippen LogP contribution >= 0.6 is 27.7 Å². The number of carbonyl (C=O) groups is 2. The van der Waals surface area contributed by atoms with Gasteiger partial charge in [0.25, 0.3) is 5.91 Å². The molecule has 1 amide bonds. The Morgan fingerprint density at radius 1 is 1.63 bits per heavy atom. The van der Waals surface area contributed by atoms with Crippen LogP contribution in [0, 0.1) is 0 Å². The largest absolute Gasteiger partial charge is 0.480 e. The number of pyridine rings is 1. The van der Waals surface area contributed by atoms with Crippen molar-refractivity contribution >= 4 is 39.6 Å². The predicted molar refractivity (Wildman–Crippen MR) is 76.1 cm³/mol. The van der Waals surface area contributed by atoms with Crippen LogP contribution in [0.2, 0.25) is 0 Å². The van der Waals surface area contributed by atoms with Gasteiger partial charge in [-0.25, -0.2) is 9.78 Å². The summed E-state index contributed by atoms with van der Waals surface area (Å²) < 4.78 is 0.580. The Labute approximate surface area is 123 Å². The first-order valence-corrected chi connectivity index (χ1v) is 7.68. The second-order valence-electron chi connectivity index (χ2n) is 4.10. The zero-order chi connectivity index (χ0) is 14.0. The number of hydrogen-bond acceptors (Lipinski definition) is 4. The molecule has 19 heavy (non-hydrogen) atoms. The third kappa shape index (κ3) is 2.76. The molecule has 1 aliphatic rings. The normalized spacial score (nSPS) is 22.5. The monoisotopic (exact) mass is 344 g/mol. The Kier molecular flexibility index (Phi) is 4.46. The molecule has 5 nitrogen and oxygen atoms in total. The van der Waals surface area contributed by atoms with E-state index < -0.39 is 12.0 Å². The Morgan fingerprint density at radius 3 is 2.95 bits per heavy atom. The molecule has 2 rings (SSSR count). The fourth-order valence-electron chi connectivity index (χ4n) is 2.01. The van der Waals surface area contributed by atoms with E-state index in [0.717, 1.165) is 0 Å². The average Bonchev–Trinajstić information content (AvgIpc) is 2.82. The summed E-state index contributed by atoms with van der Waals surface area (Å²) in [5, 5.41) is 9.11. The number of halogens is 1. The summed E-state index contributed by atoms with van der Waals surface area (Å²) in [5.41, 5.74) is 0.259. The summed E-state index contributed by atoms with van der Waals surface area (Å²) in [4.78, 5) is 29.2. The molecule has 0 radical (unpaired) electrons. The second kappa shape index (κ2) is 5.92. The summed E-state index contributed by atoms with van der Waals surface area (Å²) in [6.07, 6.45) is 2.24. The molecule has 2 unspecified atom stereocenters. The van der Waals surface area contributed by atoms with Gasteiger partial charge < -0.3 is 10.0 Å². The third-order valence-corrected chi connectivity index (χ3v) is 5.02. The van der Waals surface area contributed by atoms with Gasteiger partial charge in [0.05, 0.1) is 5.37 Å². The Balaban J connectivity index is 2.34. The van der Waals surface area contributed by atoms with Crippen molar-refractivity contribution in [1.29, 1.82) is 0 Å².